The van der Waals surface area contributed by atoms with Gasteiger partial charge in [-0.2, -0.15) is 0 Å². The minimum Gasteiger partial charge on any atom is -0.299 e. The molecule has 0 aliphatic rings. The number of nitrogens with zero attached hydrogens (tertiary/aromatic N) is 1. The van der Waals surface area contributed by atoms with Crippen molar-refractivity contribution in [2.75, 3.05) is 6.54 Å². The molecule has 0 spiro atoms. The van der Waals surface area contributed by atoms with Crippen LogP contribution in [0.15, 0.2) is 89.8 Å². The Hall–Kier alpha value is -3.36. The lowest BCUT2D eigenvalue weighted by Crippen LogP contribution is -2.25. The Balaban J connectivity index is 1.62. The number of hydrogen-bond acceptors (Lipinski definition) is 5. The molecule has 0 atom stereocenters. The van der Waals surface area contributed by atoms with Crippen LogP contribution in [0.5, 0.6) is 0 Å². The molecular formula is C23H22N2O5S. The molecule has 0 saturated heterocycles. The van der Waals surface area contributed by atoms with Gasteiger partial charge >= 0.3 is 0 Å². The fourth-order valence-corrected chi connectivity index (χ4v) is 4.37. The standard InChI is InChI=1S/C23H22N2O5S/c26-22(23(18-8-3-1-4-9-18)19-10-5-2-6-11-19)12-7-17-24-31(29,30)21-15-13-20(14-16-21)25(27)28/h1-6,8-11,13-16,23-24H,7,12,17H2. The van der Waals surface area contributed by atoms with Gasteiger partial charge in [0.1, 0.15) is 5.78 Å². The molecule has 0 saturated carbocycles. The van der Waals surface area contributed by atoms with Gasteiger partial charge in [0.2, 0.25) is 10.0 Å². The molecule has 3 rings (SSSR count). The van der Waals surface area contributed by atoms with E-state index in [0.717, 1.165) is 23.3 Å². The van der Waals surface area contributed by atoms with Crippen LogP contribution in [0.3, 0.4) is 0 Å². The number of nitro groups is 1. The molecule has 0 fully saturated rings. The first-order chi connectivity index (χ1) is 14.9. The Kier molecular flexibility index (Phi) is 7.28. The zero-order valence-electron chi connectivity index (χ0n) is 16.7. The van der Waals surface area contributed by atoms with Crippen molar-refractivity contribution in [2.24, 2.45) is 0 Å². The normalized spacial score (nSPS) is 11.4. The number of ketones is 1. The number of carbonyl (C=O) groups excluding carboxylic acids is 1. The Labute approximate surface area is 180 Å². The number of sulfonamides is 1. The van der Waals surface area contributed by atoms with Crippen LogP contribution in [-0.4, -0.2) is 25.7 Å². The van der Waals surface area contributed by atoms with Gasteiger partial charge in [-0.05, 0) is 29.7 Å². The van der Waals surface area contributed by atoms with Crippen LogP contribution in [0.25, 0.3) is 0 Å². The lowest BCUT2D eigenvalue weighted by Gasteiger charge is -2.17. The highest BCUT2D eigenvalue weighted by Gasteiger charge is 2.22. The molecule has 0 unspecified atom stereocenters. The fourth-order valence-electron chi connectivity index (χ4n) is 3.30. The number of nitrogens with one attached hydrogen (secondary N) is 1. The number of non-ortho nitro benzene ring substituents is 1. The van der Waals surface area contributed by atoms with Crippen LogP contribution in [0.1, 0.15) is 29.9 Å². The third kappa shape index (κ3) is 5.84. The molecule has 0 aliphatic carbocycles. The van der Waals surface area contributed by atoms with E-state index in [1.165, 1.54) is 12.1 Å². The Morgan fingerprint density at radius 2 is 1.39 bits per heavy atom. The Morgan fingerprint density at radius 1 is 0.871 bits per heavy atom. The highest BCUT2D eigenvalue weighted by molar-refractivity contribution is 7.89. The number of rotatable bonds is 10. The van der Waals surface area contributed by atoms with E-state index in [-0.39, 0.29) is 29.3 Å². The van der Waals surface area contributed by atoms with Gasteiger partial charge in [0.25, 0.3) is 5.69 Å². The molecule has 0 bridgehead atoms. The fraction of sp³-hybridized carbons (Fsp3) is 0.174. The molecule has 0 amide bonds. The van der Waals surface area contributed by atoms with Crippen molar-refractivity contribution < 1.29 is 18.1 Å². The zero-order chi connectivity index (χ0) is 22.3. The van der Waals surface area contributed by atoms with Crippen molar-refractivity contribution in [3.63, 3.8) is 0 Å². The monoisotopic (exact) mass is 438 g/mol. The van der Waals surface area contributed by atoms with Gasteiger partial charge in [-0.15, -0.1) is 0 Å². The Morgan fingerprint density at radius 3 is 1.87 bits per heavy atom. The van der Waals surface area contributed by atoms with E-state index in [0.29, 0.717) is 6.42 Å². The summed E-state index contributed by atoms with van der Waals surface area (Å²) in [6, 6.07) is 23.6. The molecular weight excluding hydrogens is 416 g/mol. The minimum absolute atomic E-state index is 0.00642. The molecule has 1 N–H and O–H groups in total. The highest BCUT2D eigenvalue weighted by Crippen LogP contribution is 2.27. The summed E-state index contributed by atoms with van der Waals surface area (Å²) in [6.07, 6.45) is 0.540. The van der Waals surface area contributed by atoms with Crippen LogP contribution in [-0.2, 0) is 14.8 Å². The van der Waals surface area contributed by atoms with Crippen LogP contribution >= 0.6 is 0 Å². The maximum Gasteiger partial charge on any atom is 0.269 e. The van der Waals surface area contributed by atoms with Gasteiger partial charge in [-0.25, -0.2) is 13.1 Å². The molecule has 0 aliphatic heterocycles. The molecule has 7 nitrogen and oxygen atoms in total. The maximum atomic E-state index is 13.0. The summed E-state index contributed by atoms with van der Waals surface area (Å²) >= 11 is 0. The summed E-state index contributed by atoms with van der Waals surface area (Å²) in [5, 5.41) is 10.7. The average molecular weight is 439 g/mol. The van der Waals surface area contributed by atoms with E-state index >= 15 is 0 Å². The van der Waals surface area contributed by atoms with Crippen LogP contribution in [0.2, 0.25) is 0 Å². The maximum absolute atomic E-state index is 13.0. The molecule has 31 heavy (non-hydrogen) atoms. The van der Waals surface area contributed by atoms with Crippen LogP contribution in [0.4, 0.5) is 5.69 Å². The predicted octanol–water partition coefficient (Wildman–Crippen LogP) is 4.05. The van der Waals surface area contributed by atoms with Gasteiger partial charge in [-0.1, -0.05) is 60.7 Å². The first-order valence-corrected chi connectivity index (χ1v) is 11.2. The SMILES string of the molecule is O=C(CCCNS(=O)(=O)c1ccc([N+](=O)[O-])cc1)C(c1ccccc1)c1ccccc1. The number of Topliss-reactive ketones (excluding diaryl/α,β-unsaturated/α-hetero) is 1. The van der Waals surface area contributed by atoms with Gasteiger partial charge in [0.05, 0.1) is 15.7 Å². The quantitative estimate of drug-likeness (QED) is 0.292. The van der Waals surface area contributed by atoms with Gasteiger partial charge < -0.3 is 0 Å². The second-order valence-corrected chi connectivity index (χ2v) is 8.74. The molecule has 160 valence electrons. The highest BCUT2D eigenvalue weighted by atomic mass is 32.2. The lowest BCUT2D eigenvalue weighted by molar-refractivity contribution is -0.384. The molecule has 0 radical (unpaired) electrons. The average Bonchev–Trinajstić information content (AvgIpc) is 2.78. The number of carbonyl (C=O) groups is 1. The number of hydrogen-bond donors (Lipinski definition) is 1. The van der Waals surface area contributed by atoms with Gasteiger partial charge in [0, 0.05) is 25.1 Å². The third-order valence-corrected chi connectivity index (χ3v) is 6.31. The van der Waals surface area contributed by atoms with E-state index in [1.54, 1.807) is 0 Å². The molecule has 3 aromatic carbocycles. The van der Waals surface area contributed by atoms with E-state index in [2.05, 4.69) is 4.72 Å². The van der Waals surface area contributed by atoms with E-state index in [4.69, 9.17) is 0 Å². The van der Waals surface area contributed by atoms with Crippen molar-refractivity contribution in [3.05, 3.63) is 106 Å². The van der Waals surface area contributed by atoms with Crippen molar-refractivity contribution >= 4 is 21.5 Å². The van der Waals surface area contributed by atoms with Gasteiger partial charge in [0.15, 0.2) is 0 Å². The van der Waals surface area contributed by atoms with Crippen molar-refractivity contribution in [1.82, 2.24) is 4.72 Å². The third-order valence-electron chi connectivity index (χ3n) is 4.84. The summed E-state index contributed by atoms with van der Waals surface area (Å²) in [5.41, 5.74) is 1.60. The van der Waals surface area contributed by atoms with E-state index < -0.39 is 20.9 Å². The summed E-state index contributed by atoms with van der Waals surface area (Å²) in [4.78, 5) is 23.1. The lowest BCUT2D eigenvalue weighted by atomic mass is 9.86. The summed E-state index contributed by atoms with van der Waals surface area (Å²) in [6.45, 7) is 0.0847. The second-order valence-electron chi connectivity index (χ2n) is 6.97. The van der Waals surface area contributed by atoms with Crippen LogP contribution in [0, 0.1) is 10.1 Å². The zero-order valence-corrected chi connectivity index (χ0v) is 17.5. The van der Waals surface area contributed by atoms with E-state index in [9.17, 15) is 23.3 Å². The molecule has 0 heterocycles. The smallest absolute Gasteiger partial charge is 0.269 e. The number of nitro benzene ring substituents is 1. The number of benzene rings is 3. The van der Waals surface area contributed by atoms with Crippen molar-refractivity contribution in [3.8, 4) is 0 Å². The first-order valence-electron chi connectivity index (χ1n) is 9.75. The van der Waals surface area contributed by atoms with Crippen molar-refractivity contribution in [2.45, 2.75) is 23.7 Å². The van der Waals surface area contributed by atoms with Gasteiger partial charge in [-0.3, -0.25) is 14.9 Å². The largest absolute Gasteiger partial charge is 0.299 e. The van der Waals surface area contributed by atoms with Crippen LogP contribution < -0.4 is 4.72 Å². The second kappa shape index (κ2) is 10.1. The molecule has 3 aromatic rings. The minimum atomic E-state index is -3.81. The topological polar surface area (TPSA) is 106 Å². The van der Waals surface area contributed by atoms with Crippen molar-refractivity contribution in [1.29, 1.82) is 0 Å². The first kappa shape index (κ1) is 22.3. The predicted molar refractivity (Wildman–Crippen MR) is 117 cm³/mol. The summed E-state index contributed by atoms with van der Waals surface area (Å²) in [7, 11) is -3.81. The Bertz CT molecular complexity index is 1090. The summed E-state index contributed by atoms with van der Waals surface area (Å²) in [5.74, 6) is -0.402. The van der Waals surface area contributed by atoms with E-state index in [1.807, 2.05) is 60.7 Å². The molecule has 0 aromatic heterocycles. The summed E-state index contributed by atoms with van der Waals surface area (Å²) < 4.78 is 27.2. The molecule has 8 heteroatoms.